The summed E-state index contributed by atoms with van der Waals surface area (Å²) >= 11 is 0. The number of rotatable bonds is 10. The summed E-state index contributed by atoms with van der Waals surface area (Å²) in [7, 11) is 0. The molecule has 4 fully saturated rings. The molecular weight excluding hydrogens is 728 g/mol. The van der Waals surface area contributed by atoms with Crippen LogP contribution in [0.3, 0.4) is 0 Å². The summed E-state index contributed by atoms with van der Waals surface area (Å²) in [6.45, 7) is 10.5. The Kier molecular flexibility index (Phi) is 8.55. The van der Waals surface area contributed by atoms with Crippen molar-refractivity contribution in [1.82, 2.24) is 30.2 Å². The summed E-state index contributed by atoms with van der Waals surface area (Å²) in [5.41, 5.74) is 0.0228. The minimum Gasteiger partial charge on any atom is -0.372 e. The number of pyridine rings is 2. The molecule has 0 radical (unpaired) electrons. The molecule has 3 aliphatic carbocycles. The van der Waals surface area contributed by atoms with Crippen molar-refractivity contribution in [1.29, 1.82) is 0 Å². The number of nitrogens with zero attached hydrogens (tertiary/aromatic N) is 5. The normalized spacial score (nSPS) is 24.2. The number of alkyl halides is 2. The fourth-order valence-corrected chi connectivity index (χ4v) is 8.65. The minimum absolute atomic E-state index is 0.00489. The van der Waals surface area contributed by atoms with Crippen LogP contribution in [0.5, 0.6) is 0 Å². The number of hydrogen-bond donors (Lipinski definition) is 3. The summed E-state index contributed by atoms with van der Waals surface area (Å²) < 4.78 is 66.5. The molecule has 2 aliphatic heterocycles. The van der Waals surface area contributed by atoms with Gasteiger partial charge in [-0.3, -0.25) is 14.6 Å². The van der Waals surface area contributed by atoms with Gasteiger partial charge in [-0.2, -0.15) is 0 Å². The molecule has 3 aromatic heterocycles. The maximum Gasteiger partial charge on any atom is 0.261 e. The number of carbonyl (C=O) groups is 2. The van der Waals surface area contributed by atoms with Crippen LogP contribution < -0.4 is 20.9 Å². The highest BCUT2D eigenvalue weighted by atomic mass is 19.3. The zero-order valence-electron chi connectivity index (χ0n) is 32.1. The second-order valence-electron chi connectivity index (χ2n) is 17.4. The van der Waals surface area contributed by atoms with Crippen LogP contribution in [-0.4, -0.2) is 74.1 Å². The van der Waals surface area contributed by atoms with Crippen molar-refractivity contribution in [2.24, 2.45) is 5.92 Å². The van der Waals surface area contributed by atoms with Crippen molar-refractivity contribution >= 4 is 40.0 Å². The maximum absolute atomic E-state index is 15.7. The number of imidazole rings is 1. The fourth-order valence-electron chi connectivity index (χ4n) is 8.65. The maximum atomic E-state index is 15.7. The third-order valence-corrected chi connectivity index (χ3v) is 12.7. The number of benzene rings is 1. The molecule has 0 bridgehead atoms. The van der Waals surface area contributed by atoms with Crippen molar-refractivity contribution in [2.45, 2.75) is 121 Å². The summed E-state index contributed by atoms with van der Waals surface area (Å²) in [6, 6.07) is 5.07. The summed E-state index contributed by atoms with van der Waals surface area (Å²) in [6.07, 6.45) is 5.69. The van der Waals surface area contributed by atoms with Crippen LogP contribution in [0.4, 0.5) is 34.8 Å². The Bertz CT molecular complexity index is 2270. The van der Waals surface area contributed by atoms with E-state index in [0.717, 1.165) is 57.0 Å². The average Bonchev–Trinajstić information content (AvgIpc) is 4.05. The highest BCUT2D eigenvalue weighted by molar-refractivity contribution is 6.08. The van der Waals surface area contributed by atoms with Crippen LogP contribution in [0.2, 0.25) is 0 Å². The lowest BCUT2D eigenvalue weighted by atomic mass is 9.75. The first-order valence-electron chi connectivity index (χ1n) is 19.6. The summed E-state index contributed by atoms with van der Waals surface area (Å²) in [4.78, 5) is 43.4. The molecule has 15 heteroatoms. The van der Waals surface area contributed by atoms with E-state index in [1.807, 2.05) is 43.2 Å². The number of ether oxygens (including phenoxy) is 1. The van der Waals surface area contributed by atoms with Crippen LogP contribution in [0.15, 0.2) is 30.7 Å². The zero-order valence-corrected chi connectivity index (χ0v) is 32.1. The lowest BCUT2D eigenvalue weighted by Crippen LogP contribution is -2.52. The van der Waals surface area contributed by atoms with Crippen molar-refractivity contribution in [3.05, 3.63) is 59.2 Å². The molecule has 3 saturated carbocycles. The van der Waals surface area contributed by atoms with Crippen LogP contribution in [0.25, 0.3) is 22.3 Å². The van der Waals surface area contributed by atoms with Gasteiger partial charge in [0.25, 0.3) is 12.3 Å². The van der Waals surface area contributed by atoms with Crippen LogP contribution in [-0.2, 0) is 14.9 Å². The van der Waals surface area contributed by atoms with Gasteiger partial charge in [-0.15, -0.1) is 0 Å². The Morgan fingerprint density at radius 2 is 1.82 bits per heavy atom. The molecule has 5 aliphatic rings. The number of carbonyl (C=O) groups excluding carboxylic acids is 2. The third kappa shape index (κ3) is 6.03. The van der Waals surface area contributed by atoms with E-state index in [1.165, 1.54) is 6.92 Å². The molecule has 1 spiro atoms. The second kappa shape index (κ2) is 12.9. The van der Waals surface area contributed by atoms with E-state index in [9.17, 15) is 18.4 Å². The largest absolute Gasteiger partial charge is 0.372 e. The number of anilines is 3. The monoisotopic (exact) mass is 774 g/mol. The number of nitrogens with one attached hydrogen (secondary N) is 3. The Labute approximate surface area is 322 Å². The first-order chi connectivity index (χ1) is 26.6. The topological polar surface area (TPSA) is 126 Å². The number of amides is 2. The Hall–Kier alpha value is -4.63. The van der Waals surface area contributed by atoms with E-state index in [0.29, 0.717) is 39.9 Å². The first-order valence-corrected chi connectivity index (χ1v) is 19.6. The molecule has 1 atom stereocenters. The van der Waals surface area contributed by atoms with Gasteiger partial charge in [-0.05, 0) is 104 Å². The molecule has 5 heterocycles. The quantitative estimate of drug-likeness (QED) is 0.144. The lowest BCUT2D eigenvalue weighted by Gasteiger charge is -2.44. The highest BCUT2D eigenvalue weighted by Gasteiger charge is 2.53. The highest BCUT2D eigenvalue weighted by Crippen LogP contribution is 2.49. The fraction of sp³-hybridized carbons (Fsp3) is 0.537. The number of aromatic nitrogens is 4. The van der Waals surface area contributed by atoms with Gasteiger partial charge in [-0.25, -0.2) is 27.5 Å². The molecule has 1 aromatic carbocycles. The molecule has 296 valence electrons. The standard InChI is InChI=1S/C41H46F4N8O3/c1-20(2)52-19-48-29-15-27(49-35(33(29)52)50-28-14-26(21(3)31(42)32(28)43)36(54)51-41(8-9-41)37(44)45)23-13-30-34(46-16-23)39(4,5)38(55)53(30)25-11-22(12-25)10-24-17-56-40(6-7-40)18-47-24/h13-16,19-20,22,24-25,37,47H,6-12,17-18H2,1-5H3,(H,49,50)(H,51,54). The average molecular weight is 775 g/mol. The summed E-state index contributed by atoms with van der Waals surface area (Å²) in [5.74, 6) is -2.86. The number of morpholine rings is 1. The van der Waals surface area contributed by atoms with Crippen LogP contribution >= 0.6 is 0 Å². The molecule has 56 heavy (non-hydrogen) atoms. The SMILES string of the molecule is Cc1c(C(=O)NC2(C(F)F)CC2)cc(Nc2nc(-c3cnc4c(c3)N(C3CC(CC5COC6(CC6)CN5)C3)C(=O)C4(C)C)cc3ncn(C(C)C)c23)c(F)c1F. The second-order valence-corrected chi connectivity index (χ2v) is 17.4. The van der Waals surface area contributed by atoms with Gasteiger partial charge in [0, 0.05) is 47.6 Å². The van der Waals surface area contributed by atoms with Crippen molar-refractivity contribution in [2.75, 3.05) is 23.4 Å². The van der Waals surface area contributed by atoms with Crippen LogP contribution in [0.1, 0.15) is 100 Å². The van der Waals surface area contributed by atoms with Gasteiger partial charge in [0.2, 0.25) is 5.91 Å². The van der Waals surface area contributed by atoms with Gasteiger partial charge in [0.15, 0.2) is 17.5 Å². The van der Waals surface area contributed by atoms with E-state index in [4.69, 9.17) is 14.7 Å². The van der Waals surface area contributed by atoms with Gasteiger partial charge in [-0.1, -0.05) is 0 Å². The van der Waals surface area contributed by atoms with Crippen molar-refractivity contribution in [3.8, 4) is 11.3 Å². The van der Waals surface area contributed by atoms with E-state index < -0.39 is 40.6 Å². The molecule has 9 rings (SSSR count). The van der Waals surface area contributed by atoms with Gasteiger partial charge in [0.05, 0.1) is 52.2 Å². The van der Waals surface area contributed by atoms with Crippen molar-refractivity contribution in [3.63, 3.8) is 0 Å². The molecular formula is C41H46F4N8O3. The molecule has 2 amide bonds. The lowest BCUT2D eigenvalue weighted by molar-refractivity contribution is -0.123. The van der Waals surface area contributed by atoms with Crippen molar-refractivity contribution < 1.29 is 31.9 Å². The Morgan fingerprint density at radius 3 is 2.46 bits per heavy atom. The molecule has 1 unspecified atom stereocenters. The van der Waals surface area contributed by atoms with Crippen LogP contribution in [0, 0.1) is 24.5 Å². The van der Waals surface area contributed by atoms with E-state index >= 15 is 8.78 Å². The van der Waals surface area contributed by atoms with Gasteiger partial charge >= 0.3 is 0 Å². The number of fused-ring (bicyclic) bond motifs is 2. The van der Waals surface area contributed by atoms with E-state index in [-0.39, 0.29) is 53.4 Å². The molecule has 4 aromatic rings. The molecule has 1 saturated heterocycles. The van der Waals surface area contributed by atoms with Gasteiger partial charge < -0.3 is 30.2 Å². The first kappa shape index (κ1) is 37.0. The summed E-state index contributed by atoms with van der Waals surface area (Å²) in [5, 5.41) is 8.93. The minimum atomic E-state index is -2.80. The Morgan fingerprint density at radius 1 is 1.07 bits per heavy atom. The number of hydrogen-bond acceptors (Lipinski definition) is 8. The number of halogens is 4. The Balaban J connectivity index is 1.03. The molecule has 11 nitrogen and oxygen atoms in total. The predicted octanol–water partition coefficient (Wildman–Crippen LogP) is 7.25. The third-order valence-electron chi connectivity index (χ3n) is 12.7. The smallest absolute Gasteiger partial charge is 0.261 e. The zero-order chi connectivity index (χ0) is 39.5. The van der Waals surface area contributed by atoms with Gasteiger partial charge in [0.1, 0.15) is 11.1 Å². The molecule has 3 N–H and O–H groups in total. The van der Waals surface area contributed by atoms with E-state index in [1.54, 1.807) is 18.6 Å². The van der Waals surface area contributed by atoms with E-state index in [2.05, 4.69) is 20.9 Å². The predicted molar refractivity (Wildman–Crippen MR) is 202 cm³/mol.